The number of nitriles is 1. The van der Waals surface area contributed by atoms with Crippen LogP contribution in [0.1, 0.15) is 33.1 Å². The number of carboxylic acid groups (broad SMARTS) is 1. The largest absolute Gasteiger partial charge is 0.480 e. The fourth-order valence-corrected chi connectivity index (χ4v) is 2.78. The van der Waals surface area contributed by atoms with Gasteiger partial charge < -0.3 is 20.2 Å². The maximum absolute atomic E-state index is 12.2. The van der Waals surface area contributed by atoms with E-state index in [0.29, 0.717) is 6.42 Å². The number of hydrogen-bond donors (Lipinski definition) is 2. The number of carboxylic acids is 1. The molecule has 0 saturated carbocycles. The van der Waals surface area contributed by atoms with E-state index in [0.717, 1.165) is 25.9 Å². The third-order valence-electron chi connectivity index (χ3n) is 4.27. The predicted octanol–water partition coefficient (Wildman–Crippen LogP) is 1.04. The number of carbonyl (C=O) groups excluding carboxylic acids is 1. The first kappa shape index (κ1) is 20.0. The molecule has 0 spiro atoms. The van der Waals surface area contributed by atoms with Crippen LogP contribution in [0.4, 0.5) is 0 Å². The minimum Gasteiger partial charge on any atom is -0.480 e. The second-order valence-corrected chi connectivity index (χ2v) is 6.85. The lowest BCUT2D eigenvalue weighted by Crippen LogP contribution is -2.43. The molecule has 0 aromatic rings. The monoisotopic (exact) mass is 336 g/mol. The van der Waals surface area contributed by atoms with Crippen LogP contribution >= 0.6 is 0 Å². The zero-order valence-electron chi connectivity index (χ0n) is 15.0. The van der Waals surface area contributed by atoms with Crippen molar-refractivity contribution < 1.29 is 14.7 Å². The maximum Gasteiger partial charge on any atom is 0.326 e. The fraction of sp³-hybridized carbons (Fsp3) is 0.706. The van der Waals surface area contributed by atoms with Gasteiger partial charge in [0.2, 0.25) is 0 Å². The Balaban J connectivity index is 2.74. The van der Waals surface area contributed by atoms with Crippen LogP contribution in [0.5, 0.6) is 0 Å². The zero-order valence-corrected chi connectivity index (χ0v) is 15.0. The second kappa shape index (κ2) is 9.28. The van der Waals surface area contributed by atoms with E-state index >= 15 is 0 Å². The van der Waals surface area contributed by atoms with Crippen LogP contribution in [0.15, 0.2) is 11.8 Å². The summed E-state index contributed by atoms with van der Waals surface area (Å²) in [4.78, 5) is 27.6. The van der Waals surface area contributed by atoms with Crippen molar-refractivity contribution in [3.05, 3.63) is 11.8 Å². The van der Waals surface area contributed by atoms with Crippen molar-refractivity contribution in [1.29, 1.82) is 5.26 Å². The second-order valence-electron chi connectivity index (χ2n) is 6.85. The number of nitrogens with one attached hydrogen (secondary N) is 1. The van der Waals surface area contributed by atoms with E-state index in [-0.39, 0.29) is 17.5 Å². The van der Waals surface area contributed by atoms with Crippen molar-refractivity contribution in [3.8, 4) is 6.07 Å². The van der Waals surface area contributed by atoms with Crippen molar-refractivity contribution in [2.24, 2.45) is 5.92 Å². The molecule has 1 unspecified atom stereocenters. The van der Waals surface area contributed by atoms with E-state index in [1.54, 1.807) is 0 Å². The van der Waals surface area contributed by atoms with Gasteiger partial charge in [-0.3, -0.25) is 4.79 Å². The minimum absolute atomic E-state index is 0.0635. The highest BCUT2D eigenvalue weighted by atomic mass is 16.4. The highest BCUT2D eigenvalue weighted by Gasteiger charge is 2.24. The Labute approximate surface area is 143 Å². The Kier molecular flexibility index (Phi) is 7.72. The topological polar surface area (TPSA) is 96.7 Å². The Morgan fingerprint density at radius 2 is 2.00 bits per heavy atom. The van der Waals surface area contributed by atoms with Gasteiger partial charge in [0.15, 0.2) is 0 Å². The molecule has 24 heavy (non-hydrogen) atoms. The Morgan fingerprint density at radius 3 is 2.46 bits per heavy atom. The highest BCUT2D eigenvalue weighted by molar-refractivity contribution is 5.99. The molecule has 1 amide bonds. The predicted molar refractivity (Wildman–Crippen MR) is 91.0 cm³/mol. The summed E-state index contributed by atoms with van der Waals surface area (Å²) in [6, 6.07) is 1.18. The van der Waals surface area contributed by atoms with Gasteiger partial charge in [-0.05, 0) is 45.3 Å². The smallest absolute Gasteiger partial charge is 0.326 e. The molecule has 1 rings (SSSR count). The summed E-state index contributed by atoms with van der Waals surface area (Å²) in [7, 11) is 3.92. The average molecular weight is 336 g/mol. The van der Waals surface area contributed by atoms with Gasteiger partial charge in [-0.25, -0.2) is 4.79 Å². The number of hydrogen-bond acceptors (Lipinski definition) is 5. The molecular weight excluding hydrogens is 308 g/mol. The van der Waals surface area contributed by atoms with Gasteiger partial charge in [-0.1, -0.05) is 13.8 Å². The molecule has 1 atom stereocenters. The van der Waals surface area contributed by atoms with E-state index in [9.17, 15) is 20.0 Å². The Bertz CT molecular complexity index is 516. The van der Waals surface area contributed by atoms with Crippen molar-refractivity contribution in [2.75, 3.05) is 27.2 Å². The third-order valence-corrected chi connectivity index (χ3v) is 4.27. The number of amides is 1. The van der Waals surface area contributed by atoms with E-state index in [1.165, 1.54) is 6.20 Å². The van der Waals surface area contributed by atoms with Gasteiger partial charge in [0, 0.05) is 19.3 Å². The van der Waals surface area contributed by atoms with Crippen molar-refractivity contribution in [1.82, 2.24) is 15.1 Å². The SMILES string of the molecule is CC(C)CC(NC(=O)/C(C#N)=C\N(C)C1CCN(C)CC1)C(=O)O. The number of aliphatic carboxylic acids is 1. The van der Waals surface area contributed by atoms with E-state index in [4.69, 9.17) is 0 Å². The molecule has 1 heterocycles. The molecule has 0 radical (unpaired) electrons. The first-order chi connectivity index (χ1) is 11.2. The molecule has 7 nitrogen and oxygen atoms in total. The summed E-state index contributed by atoms with van der Waals surface area (Å²) in [6.45, 7) is 5.73. The molecule has 0 bridgehead atoms. The van der Waals surface area contributed by atoms with Crippen molar-refractivity contribution in [3.63, 3.8) is 0 Å². The van der Waals surface area contributed by atoms with Gasteiger partial charge in [0.1, 0.15) is 17.7 Å². The summed E-state index contributed by atoms with van der Waals surface area (Å²) in [5.74, 6) is -1.59. The van der Waals surface area contributed by atoms with Gasteiger partial charge in [0.05, 0.1) is 0 Å². The van der Waals surface area contributed by atoms with Crippen LogP contribution in [-0.4, -0.2) is 66.1 Å². The quantitative estimate of drug-likeness (QED) is 0.532. The summed E-state index contributed by atoms with van der Waals surface area (Å²) < 4.78 is 0. The standard InChI is InChI=1S/C17H28N4O3/c1-12(2)9-15(17(23)24)19-16(22)13(10-18)11-21(4)14-5-7-20(3)8-6-14/h11-12,14-15H,5-9H2,1-4H3,(H,19,22)(H,23,24)/b13-11-. The third kappa shape index (κ3) is 6.20. The van der Waals surface area contributed by atoms with Crippen LogP contribution in [0.2, 0.25) is 0 Å². The molecule has 2 N–H and O–H groups in total. The molecule has 0 aliphatic carbocycles. The van der Waals surface area contributed by atoms with Crippen LogP contribution in [-0.2, 0) is 9.59 Å². The number of piperidine rings is 1. The van der Waals surface area contributed by atoms with Gasteiger partial charge in [-0.15, -0.1) is 0 Å². The van der Waals surface area contributed by atoms with Crippen LogP contribution in [0, 0.1) is 17.2 Å². The lowest BCUT2D eigenvalue weighted by Gasteiger charge is -2.34. The molecule has 0 aromatic carbocycles. The molecule has 0 aromatic heterocycles. The van der Waals surface area contributed by atoms with Gasteiger partial charge in [-0.2, -0.15) is 5.26 Å². The molecule has 1 aliphatic rings. The van der Waals surface area contributed by atoms with E-state index in [1.807, 2.05) is 31.9 Å². The van der Waals surface area contributed by atoms with Crippen LogP contribution in [0.3, 0.4) is 0 Å². The molecule has 134 valence electrons. The summed E-state index contributed by atoms with van der Waals surface area (Å²) in [6.07, 6.45) is 3.79. The molecule has 1 saturated heterocycles. The van der Waals surface area contributed by atoms with E-state index in [2.05, 4.69) is 17.3 Å². The van der Waals surface area contributed by atoms with Crippen molar-refractivity contribution >= 4 is 11.9 Å². The van der Waals surface area contributed by atoms with Gasteiger partial charge >= 0.3 is 5.97 Å². The number of likely N-dealkylation sites (tertiary alicyclic amines) is 1. The highest BCUT2D eigenvalue weighted by Crippen LogP contribution is 2.15. The summed E-state index contributed by atoms with van der Waals surface area (Å²) in [5.41, 5.74) is -0.0635. The van der Waals surface area contributed by atoms with Crippen LogP contribution in [0.25, 0.3) is 0 Å². The molecular formula is C17H28N4O3. The number of carbonyl (C=O) groups is 2. The van der Waals surface area contributed by atoms with E-state index < -0.39 is 17.9 Å². The van der Waals surface area contributed by atoms with Crippen molar-refractivity contribution in [2.45, 2.75) is 45.2 Å². The number of nitrogens with zero attached hydrogens (tertiary/aromatic N) is 3. The summed E-state index contributed by atoms with van der Waals surface area (Å²) in [5, 5.41) is 20.9. The maximum atomic E-state index is 12.2. The molecule has 1 aliphatic heterocycles. The first-order valence-corrected chi connectivity index (χ1v) is 8.30. The Hall–Kier alpha value is -2.07. The fourth-order valence-electron chi connectivity index (χ4n) is 2.78. The lowest BCUT2D eigenvalue weighted by atomic mass is 10.0. The zero-order chi connectivity index (χ0) is 18.3. The molecule has 7 heteroatoms. The number of rotatable bonds is 7. The average Bonchev–Trinajstić information content (AvgIpc) is 2.51. The Morgan fingerprint density at radius 1 is 1.42 bits per heavy atom. The first-order valence-electron chi connectivity index (χ1n) is 8.30. The molecule has 1 fully saturated rings. The lowest BCUT2D eigenvalue weighted by molar-refractivity contribution is -0.141. The summed E-state index contributed by atoms with van der Waals surface area (Å²) >= 11 is 0. The normalized spacial score (nSPS) is 18.1. The van der Waals surface area contributed by atoms with Gasteiger partial charge in [0.25, 0.3) is 5.91 Å². The van der Waals surface area contributed by atoms with Crippen LogP contribution < -0.4 is 5.32 Å². The minimum atomic E-state index is -1.09.